The fraction of sp³-hybridized carbons (Fsp3) is 0.562. The SMILES string of the molecule is COC(=O)[C@H]1CC(c2cccnc2)CN1C(=O)OC(C)(C)C. The van der Waals surface area contributed by atoms with Crippen LogP contribution >= 0.6 is 0 Å². The first-order chi connectivity index (χ1) is 10.3. The highest BCUT2D eigenvalue weighted by molar-refractivity contribution is 5.82. The van der Waals surface area contributed by atoms with Crippen LogP contribution in [0.5, 0.6) is 0 Å². The van der Waals surface area contributed by atoms with Gasteiger partial charge in [0.1, 0.15) is 11.6 Å². The summed E-state index contributed by atoms with van der Waals surface area (Å²) in [6.45, 7) is 5.81. The third kappa shape index (κ3) is 3.75. The predicted octanol–water partition coefficient (Wildman–Crippen LogP) is 2.35. The van der Waals surface area contributed by atoms with E-state index in [0.717, 1.165) is 5.56 Å². The number of esters is 1. The van der Waals surface area contributed by atoms with Gasteiger partial charge in [-0.25, -0.2) is 9.59 Å². The summed E-state index contributed by atoms with van der Waals surface area (Å²) in [5, 5.41) is 0. The summed E-state index contributed by atoms with van der Waals surface area (Å²) < 4.78 is 10.2. The van der Waals surface area contributed by atoms with Gasteiger partial charge in [0.15, 0.2) is 0 Å². The van der Waals surface area contributed by atoms with Crippen molar-refractivity contribution in [1.82, 2.24) is 9.88 Å². The molecule has 1 fully saturated rings. The molecule has 6 nitrogen and oxygen atoms in total. The van der Waals surface area contributed by atoms with Crippen LogP contribution in [-0.2, 0) is 14.3 Å². The highest BCUT2D eigenvalue weighted by Crippen LogP contribution is 2.33. The van der Waals surface area contributed by atoms with Crippen molar-refractivity contribution >= 4 is 12.1 Å². The topological polar surface area (TPSA) is 68.7 Å². The summed E-state index contributed by atoms with van der Waals surface area (Å²) in [5.41, 5.74) is 0.395. The smallest absolute Gasteiger partial charge is 0.411 e. The normalized spacial score (nSPS) is 21.5. The molecular weight excluding hydrogens is 284 g/mol. The Hall–Kier alpha value is -2.11. The van der Waals surface area contributed by atoms with Crippen LogP contribution in [0.25, 0.3) is 0 Å². The number of hydrogen-bond acceptors (Lipinski definition) is 5. The van der Waals surface area contributed by atoms with E-state index in [4.69, 9.17) is 9.47 Å². The number of carbonyl (C=O) groups is 2. The molecule has 6 heteroatoms. The summed E-state index contributed by atoms with van der Waals surface area (Å²) in [6, 6.07) is 3.17. The summed E-state index contributed by atoms with van der Waals surface area (Å²) >= 11 is 0. The third-order valence-corrected chi connectivity index (χ3v) is 3.56. The zero-order valence-electron chi connectivity index (χ0n) is 13.4. The molecule has 0 aromatic carbocycles. The zero-order valence-corrected chi connectivity index (χ0v) is 13.4. The van der Waals surface area contributed by atoms with Crippen molar-refractivity contribution in [3.8, 4) is 0 Å². The van der Waals surface area contributed by atoms with Gasteiger partial charge in [-0.2, -0.15) is 0 Å². The maximum Gasteiger partial charge on any atom is 0.411 e. The second kappa shape index (κ2) is 6.34. The van der Waals surface area contributed by atoms with Crippen molar-refractivity contribution in [3.05, 3.63) is 30.1 Å². The quantitative estimate of drug-likeness (QED) is 0.785. The lowest BCUT2D eigenvalue weighted by molar-refractivity contribution is -0.145. The highest BCUT2D eigenvalue weighted by Gasteiger charge is 2.42. The minimum Gasteiger partial charge on any atom is -0.467 e. The lowest BCUT2D eigenvalue weighted by Crippen LogP contribution is -2.43. The number of aromatic nitrogens is 1. The molecule has 120 valence electrons. The molecule has 1 amide bonds. The molecule has 0 aliphatic carbocycles. The molecule has 1 aromatic rings. The van der Waals surface area contributed by atoms with Gasteiger partial charge in [0, 0.05) is 24.9 Å². The van der Waals surface area contributed by atoms with E-state index in [2.05, 4.69) is 4.98 Å². The second-order valence-electron chi connectivity index (χ2n) is 6.39. The van der Waals surface area contributed by atoms with Crippen LogP contribution in [0.15, 0.2) is 24.5 Å². The molecule has 1 aliphatic rings. The minimum atomic E-state index is -0.620. The fourth-order valence-electron chi connectivity index (χ4n) is 2.58. The van der Waals surface area contributed by atoms with Crippen molar-refractivity contribution < 1.29 is 19.1 Å². The molecule has 22 heavy (non-hydrogen) atoms. The third-order valence-electron chi connectivity index (χ3n) is 3.56. The van der Waals surface area contributed by atoms with E-state index >= 15 is 0 Å². The van der Waals surface area contributed by atoms with Gasteiger partial charge in [-0.1, -0.05) is 6.07 Å². The van der Waals surface area contributed by atoms with Crippen molar-refractivity contribution in [2.24, 2.45) is 0 Å². The van der Waals surface area contributed by atoms with E-state index in [9.17, 15) is 9.59 Å². The molecule has 0 bridgehead atoms. The first-order valence-corrected chi connectivity index (χ1v) is 7.29. The minimum absolute atomic E-state index is 0.0466. The molecule has 2 atom stereocenters. The Morgan fingerprint density at radius 1 is 1.36 bits per heavy atom. The average Bonchev–Trinajstić information content (AvgIpc) is 2.91. The molecular formula is C16H22N2O4. The van der Waals surface area contributed by atoms with Crippen LogP contribution in [0.3, 0.4) is 0 Å². The van der Waals surface area contributed by atoms with Gasteiger partial charge in [-0.05, 0) is 38.8 Å². The molecule has 0 N–H and O–H groups in total. The average molecular weight is 306 g/mol. The standard InChI is InChI=1S/C16H22N2O4/c1-16(2,3)22-15(20)18-10-12(8-13(18)14(19)21-4)11-6-5-7-17-9-11/h5-7,9,12-13H,8,10H2,1-4H3/t12?,13-/m1/s1. The van der Waals surface area contributed by atoms with Gasteiger partial charge in [-0.3, -0.25) is 9.88 Å². The van der Waals surface area contributed by atoms with E-state index in [1.807, 2.05) is 12.1 Å². The van der Waals surface area contributed by atoms with Gasteiger partial charge < -0.3 is 9.47 Å². The fourth-order valence-corrected chi connectivity index (χ4v) is 2.58. The second-order valence-corrected chi connectivity index (χ2v) is 6.39. The van der Waals surface area contributed by atoms with Crippen LogP contribution in [0.1, 0.15) is 38.7 Å². The Morgan fingerprint density at radius 2 is 2.09 bits per heavy atom. The molecule has 2 heterocycles. The zero-order chi connectivity index (χ0) is 16.3. The Morgan fingerprint density at radius 3 is 2.64 bits per heavy atom. The number of pyridine rings is 1. The number of amides is 1. The number of ether oxygens (including phenoxy) is 2. The van der Waals surface area contributed by atoms with Gasteiger partial charge in [0.05, 0.1) is 7.11 Å². The van der Waals surface area contributed by atoms with Gasteiger partial charge in [0.25, 0.3) is 0 Å². The Balaban J connectivity index is 2.19. The van der Waals surface area contributed by atoms with Crippen molar-refractivity contribution in [1.29, 1.82) is 0 Å². The van der Waals surface area contributed by atoms with Crippen LogP contribution in [0.2, 0.25) is 0 Å². The summed E-state index contributed by atoms with van der Waals surface area (Å²) in [6.07, 6.45) is 3.48. The van der Waals surface area contributed by atoms with E-state index in [1.165, 1.54) is 12.0 Å². The first kappa shape index (κ1) is 16.3. The molecule has 1 aromatic heterocycles. The number of likely N-dealkylation sites (tertiary alicyclic amines) is 1. The number of methoxy groups -OCH3 is 1. The van der Waals surface area contributed by atoms with Crippen LogP contribution in [0.4, 0.5) is 4.79 Å². The predicted molar refractivity (Wildman–Crippen MR) is 80.3 cm³/mol. The molecule has 1 unspecified atom stereocenters. The number of nitrogens with zero attached hydrogens (tertiary/aromatic N) is 2. The van der Waals surface area contributed by atoms with Crippen molar-refractivity contribution in [3.63, 3.8) is 0 Å². The molecule has 1 aliphatic heterocycles. The van der Waals surface area contributed by atoms with E-state index in [1.54, 1.807) is 33.2 Å². The van der Waals surface area contributed by atoms with Crippen molar-refractivity contribution in [2.45, 2.75) is 44.8 Å². The summed E-state index contributed by atoms with van der Waals surface area (Å²) in [5.74, 6) is -0.373. The van der Waals surface area contributed by atoms with Gasteiger partial charge in [0.2, 0.25) is 0 Å². The monoisotopic (exact) mass is 306 g/mol. The largest absolute Gasteiger partial charge is 0.467 e. The van der Waals surface area contributed by atoms with E-state index < -0.39 is 23.7 Å². The lowest BCUT2D eigenvalue weighted by atomic mass is 9.98. The van der Waals surface area contributed by atoms with Crippen molar-refractivity contribution in [2.75, 3.05) is 13.7 Å². The molecule has 1 saturated heterocycles. The Bertz CT molecular complexity index is 539. The summed E-state index contributed by atoms with van der Waals surface area (Å²) in [4.78, 5) is 29.9. The molecule has 0 saturated carbocycles. The molecule has 0 spiro atoms. The maximum absolute atomic E-state index is 12.3. The Labute approximate surface area is 130 Å². The number of rotatable bonds is 2. The lowest BCUT2D eigenvalue weighted by Gasteiger charge is -2.27. The summed E-state index contributed by atoms with van der Waals surface area (Å²) in [7, 11) is 1.33. The number of carbonyl (C=O) groups excluding carboxylic acids is 2. The van der Waals surface area contributed by atoms with Crippen LogP contribution < -0.4 is 0 Å². The molecule has 0 radical (unpaired) electrons. The van der Waals surface area contributed by atoms with Crippen LogP contribution in [0, 0.1) is 0 Å². The number of hydrogen-bond donors (Lipinski definition) is 0. The highest BCUT2D eigenvalue weighted by atomic mass is 16.6. The maximum atomic E-state index is 12.3. The first-order valence-electron chi connectivity index (χ1n) is 7.29. The van der Waals surface area contributed by atoms with Gasteiger partial charge in [-0.15, -0.1) is 0 Å². The van der Waals surface area contributed by atoms with E-state index in [-0.39, 0.29) is 5.92 Å². The van der Waals surface area contributed by atoms with Crippen LogP contribution in [-0.4, -0.2) is 47.2 Å². The van der Waals surface area contributed by atoms with Gasteiger partial charge >= 0.3 is 12.1 Å². The molecule has 2 rings (SSSR count). The Kier molecular flexibility index (Phi) is 4.68. The van der Waals surface area contributed by atoms with E-state index in [0.29, 0.717) is 13.0 Å².